The Hall–Kier alpha value is -0.920. The highest BCUT2D eigenvalue weighted by atomic mass is 32.1. The van der Waals surface area contributed by atoms with Crippen molar-refractivity contribution in [2.45, 2.75) is 37.8 Å². The van der Waals surface area contributed by atoms with Gasteiger partial charge in [0.2, 0.25) is 10.3 Å². The van der Waals surface area contributed by atoms with E-state index in [9.17, 15) is 0 Å². The molecule has 4 atom stereocenters. The van der Waals surface area contributed by atoms with E-state index in [-0.39, 0.29) is 0 Å². The lowest BCUT2D eigenvalue weighted by Crippen LogP contribution is -2.48. The van der Waals surface area contributed by atoms with E-state index < -0.39 is 0 Å². The normalized spacial score (nSPS) is 34.1. The van der Waals surface area contributed by atoms with Crippen LogP contribution in [0.3, 0.4) is 0 Å². The molecule has 1 aromatic heterocycles. The third-order valence-corrected chi connectivity index (χ3v) is 6.50. The Morgan fingerprint density at radius 1 is 1.22 bits per heavy atom. The van der Waals surface area contributed by atoms with Gasteiger partial charge in [0.15, 0.2) is 0 Å². The number of nitrogen functional groups attached to an aromatic ring is 1. The van der Waals surface area contributed by atoms with Crippen LogP contribution in [0.5, 0.6) is 0 Å². The zero-order valence-electron chi connectivity index (χ0n) is 14.0. The fourth-order valence-electron chi connectivity index (χ4n) is 4.17. The van der Waals surface area contributed by atoms with Gasteiger partial charge in [-0.2, -0.15) is 0 Å². The van der Waals surface area contributed by atoms with E-state index in [1.54, 1.807) is 0 Å². The SMILES string of the molecule is CN(C)[C@@H]1C[C@@H]2CN(c3nnc(N)s3)C[C@@H]2C[C@H]1OCC1CC1. The summed E-state index contributed by atoms with van der Waals surface area (Å²) in [5.74, 6) is 2.27. The first kappa shape index (κ1) is 15.6. The highest BCUT2D eigenvalue weighted by Gasteiger charge is 2.44. The molecule has 0 spiro atoms. The van der Waals surface area contributed by atoms with Crippen molar-refractivity contribution >= 4 is 21.6 Å². The maximum absolute atomic E-state index is 6.33. The molecule has 2 aliphatic carbocycles. The molecule has 7 heteroatoms. The van der Waals surface area contributed by atoms with Crippen LogP contribution in [0.2, 0.25) is 0 Å². The van der Waals surface area contributed by atoms with Gasteiger partial charge in [-0.3, -0.25) is 0 Å². The molecule has 0 unspecified atom stereocenters. The molecule has 0 bridgehead atoms. The molecule has 4 rings (SSSR count). The van der Waals surface area contributed by atoms with Crippen LogP contribution in [0.15, 0.2) is 0 Å². The van der Waals surface area contributed by atoms with Crippen LogP contribution >= 0.6 is 11.3 Å². The van der Waals surface area contributed by atoms with Crippen LogP contribution in [0.1, 0.15) is 25.7 Å². The maximum atomic E-state index is 6.33. The fraction of sp³-hybridized carbons (Fsp3) is 0.875. The predicted octanol–water partition coefficient (Wildman–Crippen LogP) is 1.69. The molecule has 6 nitrogen and oxygen atoms in total. The summed E-state index contributed by atoms with van der Waals surface area (Å²) in [5.41, 5.74) is 5.74. The zero-order chi connectivity index (χ0) is 16.0. The summed E-state index contributed by atoms with van der Waals surface area (Å²) in [7, 11) is 4.38. The third kappa shape index (κ3) is 3.32. The van der Waals surface area contributed by atoms with Crippen molar-refractivity contribution in [1.82, 2.24) is 15.1 Å². The lowest BCUT2D eigenvalue weighted by molar-refractivity contribution is -0.0493. The quantitative estimate of drug-likeness (QED) is 0.882. The molecule has 3 fully saturated rings. The Morgan fingerprint density at radius 3 is 2.57 bits per heavy atom. The first-order valence-electron chi connectivity index (χ1n) is 8.72. The fourth-order valence-corrected chi connectivity index (χ4v) is 4.80. The zero-order valence-corrected chi connectivity index (χ0v) is 14.8. The summed E-state index contributed by atoms with van der Waals surface area (Å²) in [4.78, 5) is 4.73. The van der Waals surface area contributed by atoms with Gasteiger partial charge >= 0.3 is 0 Å². The lowest BCUT2D eigenvalue weighted by Gasteiger charge is -2.41. The molecule has 2 saturated carbocycles. The second-order valence-electron chi connectivity index (χ2n) is 7.67. The van der Waals surface area contributed by atoms with E-state index in [2.05, 4.69) is 34.1 Å². The Labute approximate surface area is 142 Å². The average molecular weight is 337 g/mol. The number of nitrogens with two attached hydrogens (primary N) is 1. The molecular weight excluding hydrogens is 310 g/mol. The predicted molar refractivity (Wildman–Crippen MR) is 92.7 cm³/mol. The Bertz CT molecular complexity index is 546. The second kappa shape index (κ2) is 6.18. The van der Waals surface area contributed by atoms with E-state index in [1.807, 2.05) is 0 Å². The van der Waals surface area contributed by atoms with Gasteiger partial charge in [-0.1, -0.05) is 11.3 Å². The van der Waals surface area contributed by atoms with Crippen LogP contribution in [-0.2, 0) is 4.74 Å². The summed E-state index contributed by atoms with van der Waals surface area (Å²) >= 11 is 1.50. The molecule has 1 aromatic rings. The molecule has 0 aromatic carbocycles. The number of rotatable bonds is 5. The minimum atomic E-state index is 0.381. The van der Waals surface area contributed by atoms with Crippen molar-refractivity contribution in [2.75, 3.05) is 44.4 Å². The Balaban J connectivity index is 1.43. The summed E-state index contributed by atoms with van der Waals surface area (Å²) in [6.45, 7) is 3.12. The van der Waals surface area contributed by atoms with Crippen molar-refractivity contribution in [3.63, 3.8) is 0 Å². The van der Waals surface area contributed by atoms with Gasteiger partial charge in [0.1, 0.15) is 0 Å². The minimum Gasteiger partial charge on any atom is -0.376 e. The molecule has 128 valence electrons. The number of likely N-dealkylation sites (N-methyl/N-ethyl adjacent to an activating group) is 1. The van der Waals surface area contributed by atoms with E-state index in [0.717, 1.165) is 36.7 Å². The summed E-state index contributed by atoms with van der Waals surface area (Å²) in [6.07, 6.45) is 5.49. The van der Waals surface area contributed by atoms with Crippen molar-refractivity contribution in [1.29, 1.82) is 0 Å². The molecule has 3 aliphatic rings. The van der Waals surface area contributed by atoms with Crippen LogP contribution in [0.4, 0.5) is 10.3 Å². The molecule has 0 radical (unpaired) electrons. The number of aromatic nitrogens is 2. The number of nitrogens with zero attached hydrogens (tertiary/aromatic N) is 4. The number of fused-ring (bicyclic) bond motifs is 1. The van der Waals surface area contributed by atoms with Crippen molar-refractivity contribution in [3.05, 3.63) is 0 Å². The highest BCUT2D eigenvalue weighted by molar-refractivity contribution is 7.18. The van der Waals surface area contributed by atoms with Crippen LogP contribution in [0.25, 0.3) is 0 Å². The number of hydrogen-bond donors (Lipinski definition) is 1. The number of hydrogen-bond acceptors (Lipinski definition) is 7. The van der Waals surface area contributed by atoms with Crippen LogP contribution < -0.4 is 10.6 Å². The molecular formula is C16H27N5OS. The van der Waals surface area contributed by atoms with Crippen molar-refractivity contribution < 1.29 is 4.74 Å². The topological polar surface area (TPSA) is 67.5 Å². The molecule has 1 aliphatic heterocycles. The number of ether oxygens (including phenoxy) is 1. The summed E-state index contributed by atoms with van der Waals surface area (Å²) in [6, 6.07) is 0.537. The van der Waals surface area contributed by atoms with E-state index in [0.29, 0.717) is 23.2 Å². The first-order valence-corrected chi connectivity index (χ1v) is 9.53. The Kier molecular flexibility index (Phi) is 4.19. The smallest absolute Gasteiger partial charge is 0.210 e. The largest absolute Gasteiger partial charge is 0.376 e. The minimum absolute atomic E-state index is 0.381. The van der Waals surface area contributed by atoms with Crippen LogP contribution in [-0.4, -0.2) is 61.0 Å². The first-order chi connectivity index (χ1) is 11.1. The van der Waals surface area contributed by atoms with Crippen molar-refractivity contribution in [3.8, 4) is 0 Å². The summed E-state index contributed by atoms with van der Waals surface area (Å²) < 4.78 is 6.33. The van der Waals surface area contributed by atoms with E-state index in [4.69, 9.17) is 10.5 Å². The van der Waals surface area contributed by atoms with Crippen molar-refractivity contribution in [2.24, 2.45) is 17.8 Å². The standard InChI is InChI=1S/C16H27N5OS/c1-20(2)13-5-11-7-21(16-19-18-15(17)23-16)8-12(11)6-14(13)22-9-10-3-4-10/h10-14H,3-9H2,1-2H3,(H2,17,18)/t11-,12+,13-,14-/m1/s1. The van der Waals surface area contributed by atoms with Gasteiger partial charge in [0.05, 0.1) is 6.10 Å². The summed E-state index contributed by atoms with van der Waals surface area (Å²) in [5, 5.41) is 9.73. The van der Waals surface area contributed by atoms with Gasteiger partial charge < -0.3 is 20.3 Å². The maximum Gasteiger partial charge on any atom is 0.210 e. The Morgan fingerprint density at radius 2 is 1.96 bits per heavy atom. The number of anilines is 2. The van der Waals surface area contributed by atoms with Gasteiger partial charge in [-0.05, 0) is 57.5 Å². The van der Waals surface area contributed by atoms with E-state index in [1.165, 1.54) is 37.0 Å². The third-order valence-electron chi connectivity index (χ3n) is 5.69. The van der Waals surface area contributed by atoms with Gasteiger partial charge in [-0.15, -0.1) is 10.2 Å². The van der Waals surface area contributed by atoms with Gasteiger partial charge in [-0.25, -0.2) is 0 Å². The molecule has 2 heterocycles. The van der Waals surface area contributed by atoms with E-state index >= 15 is 0 Å². The molecule has 2 N–H and O–H groups in total. The second-order valence-corrected chi connectivity index (χ2v) is 8.65. The molecule has 0 amide bonds. The van der Waals surface area contributed by atoms with Gasteiger partial charge in [0.25, 0.3) is 0 Å². The lowest BCUT2D eigenvalue weighted by atomic mass is 9.77. The molecule has 23 heavy (non-hydrogen) atoms. The van der Waals surface area contributed by atoms with Gasteiger partial charge in [0, 0.05) is 25.7 Å². The monoisotopic (exact) mass is 337 g/mol. The average Bonchev–Trinajstić information content (AvgIpc) is 3.09. The highest BCUT2D eigenvalue weighted by Crippen LogP contribution is 2.41. The molecule has 1 saturated heterocycles. The van der Waals surface area contributed by atoms with Crippen LogP contribution in [0, 0.1) is 17.8 Å².